The SMILES string of the molecule is c1ccc(-c2cc(-c3ccccc3)cc(-c3nc(-c4ccccc4-c4ccccc4)cc(-c4cccc5c4-c4ccccc4C54c5ccccc5-c5ccccc5-c5ccccc54)n3)c2)cc1. The molecule has 2 aliphatic rings. The van der Waals surface area contributed by atoms with Gasteiger partial charge < -0.3 is 0 Å². The number of hydrogen-bond acceptors (Lipinski definition) is 2. The van der Waals surface area contributed by atoms with E-state index in [9.17, 15) is 0 Å². The molecule has 1 heterocycles. The Bertz CT molecular complexity index is 3560. The number of aromatic nitrogens is 2. The van der Waals surface area contributed by atoms with Crippen molar-refractivity contribution in [1.29, 1.82) is 0 Å². The van der Waals surface area contributed by atoms with Crippen molar-refractivity contribution in [2.75, 3.05) is 0 Å². The average Bonchev–Trinajstić information content (AvgIpc) is 3.66. The van der Waals surface area contributed by atoms with Gasteiger partial charge in [0, 0.05) is 16.7 Å². The minimum Gasteiger partial charge on any atom is -0.228 e. The zero-order valence-corrected chi connectivity index (χ0v) is 36.6. The van der Waals surface area contributed by atoms with Gasteiger partial charge in [0.1, 0.15) is 0 Å². The molecule has 10 aromatic carbocycles. The van der Waals surface area contributed by atoms with Gasteiger partial charge in [0.2, 0.25) is 0 Å². The van der Waals surface area contributed by atoms with E-state index in [-0.39, 0.29) is 0 Å². The van der Waals surface area contributed by atoms with Crippen molar-refractivity contribution in [3.8, 4) is 101 Å². The molecule has 2 aliphatic carbocycles. The van der Waals surface area contributed by atoms with Crippen molar-refractivity contribution >= 4 is 0 Å². The van der Waals surface area contributed by atoms with Crippen molar-refractivity contribution < 1.29 is 0 Å². The van der Waals surface area contributed by atoms with Crippen LogP contribution in [0, 0.1) is 0 Å². The van der Waals surface area contributed by atoms with Gasteiger partial charge in [-0.25, -0.2) is 9.97 Å². The zero-order valence-electron chi connectivity index (χ0n) is 36.6. The predicted molar refractivity (Wildman–Crippen MR) is 276 cm³/mol. The Balaban J connectivity index is 1.11. The van der Waals surface area contributed by atoms with Gasteiger partial charge in [0.15, 0.2) is 5.82 Å². The van der Waals surface area contributed by atoms with Gasteiger partial charge in [-0.1, -0.05) is 231 Å². The summed E-state index contributed by atoms with van der Waals surface area (Å²) in [4.78, 5) is 11.2. The molecule has 1 aromatic heterocycles. The molecule has 2 nitrogen and oxygen atoms in total. The fraction of sp³-hybridized carbons (Fsp3) is 0.0154. The molecular weight excluding hydrogens is 809 g/mol. The lowest BCUT2D eigenvalue weighted by Crippen LogP contribution is -2.29. The Morgan fingerprint density at radius 2 is 0.597 bits per heavy atom. The molecule has 0 atom stereocenters. The summed E-state index contributed by atoms with van der Waals surface area (Å²) < 4.78 is 0. The van der Waals surface area contributed by atoms with Gasteiger partial charge in [0.05, 0.1) is 16.8 Å². The first kappa shape index (κ1) is 38.7. The Morgan fingerprint density at radius 1 is 0.224 bits per heavy atom. The number of rotatable bonds is 6. The van der Waals surface area contributed by atoms with Crippen molar-refractivity contribution in [2.45, 2.75) is 5.41 Å². The van der Waals surface area contributed by atoms with Crippen LogP contribution in [0.5, 0.6) is 0 Å². The van der Waals surface area contributed by atoms with E-state index in [1.807, 2.05) is 0 Å². The van der Waals surface area contributed by atoms with Gasteiger partial charge in [-0.3, -0.25) is 0 Å². The second-order valence-corrected chi connectivity index (χ2v) is 17.6. The summed E-state index contributed by atoms with van der Waals surface area (Å²) in [7, 11) is 0. The Hall–Kier alpha value is -8.72. The van der Waals surface area contributed by atoms with Gasteiger partial charge in [-0.2, -0.15) is 0 Å². The highest BCUT2D eigenvalue weighted by atomic mass is 14.9. The smallest absolute Gasteiger partial charge is 0.160 e. The molecule has 0 amide bonds. The molecule has 67 heavy (non-hydrogen) atoms. The van der Waals surface area contributed by atoms with E-state index in [4.69, 9.17) is 9.97 Å². The first-order chi connectivity index (χ1) is 33.2. The summed E-state index contributed by atoms with van der Waals surface area (Å²) in [5.74, 6) is 0.671. The number of benzene rings is 10. The third kappa shape index (κ3) is 6.18. The standard InChI is InChI=1S/C65H42N2/c1-4-21-43(22-5-1)46-39-47(44-23-6-2-7-24-44)41-48(40-46)64-66-61(54-32-13-10-27-49(54)45-25-8-3-9-26-45)42-62(67-64)56-34-20-38-60-63(56)55-33-16-19-37-59(55)65(60)57-35-17-14-30-52(57)50-28-11-12-29-51(50)53-31-15-18-36-58(53)65/h1-42H. The second kappa shape index (κ2) is 15.8. The fourth-order valence-electron chi connectivity index (χ4n) is 11.1. The van der Waals surface area contributed by atoms with Crippen LogP contribution in [0.3, 0.4) is 0 Å². The minimum absolute atomic E-state index is 0.610. The van der Waals surface area contributed by atoms with Crippen LogP contribution >= 0.6 is 0 Å². The third-order valence-electron chi connectivity index (χ3n) is 13.9. The largest absolute Gasteiger partial charge is 0.228 e. The fourth-order valence-corrected chi connectivity index (χ4v) is 11.1. The summed E-state index contributed by atoms with van der Waals surface area (Å²) in [6, 6.07) is 92.5. The van der Waals surface area contributed by atoms with Crippen LogP contribution in [-0.4, -0.2) is 9.97 Å². The van der Waals surface area contributed by atoms with E-state index in [2.05, 4.69) is 255 Å². The monoisotopic (exact) mass is 850 g/mol. The van der Waals surface area contributed by atoms with E-state index in [1.165, 1.54) is 55.6 Å². The molecule has 13 rings (SSSR count). The van der Waals surface area contributed by atoms with Crippen LogP contribution < -0.4 is 0 Å². The molecule has 0 aliphatic heterocycles. The highest BCUT2D eigenvalue weighted by Crippen LogP contribution is 2.62. The minimum atomic E-state index is -0.610. The molecular formula is C65H42N2. The molecule has 312 valence electrons. The molecule has 0 bridgehead atoms. The average molecular weight is 851 g/mol. The van der Waals surface area contributed by atoms with Gasteiger partial charge in [-0.05, 0) is 113 Å². The lowest BCUT2D eigenvalue weighted by molar-refractivity contribution is 0.775. The number of nitrogens with zero attached hydrogens (tertiary/aromatic N) is 2. The van der Waals surface area contributed by atoms with Gasteiger partial charge in [-0.15, -0.1) is 0 Å². The van der Waals surface area contributed by atoms with Gasteiger partial charge >= 0.3 is 0 Å². The number of fused-ring (bicyclic) bond motifs is 12. The molecule has 0 fully saturated rings. The first-order valence-electron chi connectivity index (χ1n) is 23.1. The summed E-state index contributed by atoms with van der Waals surface area (Å²) in [5, 5.41) is 0. The van der Waals surface area contributed by atoms with Crippen molar-refractivity contribution in [1.82, 2.24) is 9.97 Å². The van der Waals surface area contributed by atoms with Crippen LogP contribution in [0.2, 0.25) is 0 Å². The van der Waals surface area contributed by atoms with E-state index >= 15 is 0 Å². The quantitative estimate of drug-likeness (QED) is 0.167. The van der Waals surface area contributed by atoms with E-state index < -0.39 is 5.41 Å². The van der Waals surface area contributed by atoms with Gasteiger partial charge in [0.25, 0.3) is 0 Å². The molecule has 2 heteroatoms. The third-order valence-corrected chi connectivity index (χ3v) is 13.9. The molecule has 0 N–H and O–H groups in total. The zero-order chi connectivity index (χ0) is 44.3. The topological polar surface area (TPSA) is 25.8 Å². The van der Waals surface area contributed by atoms with Crippen molar-refractivity contribution in [3.05, 3.63) is 277 Å². The summed E-state index contributed by atoms with van der Waals surface area (Å²) in [5.41, 5.74) is 23.5. The van der Waals surface area contributed by atoms with Crippen molar-refractivity contribution in [3.63, 3.8) is 0 Å². The normalized spacial score (nSPS) is 12.6. The highest BCUT2D eigenvalue weighted by Gasteiger charge is 2.50. The number of hydrogen-bond donors (Lipinski definition) is 0. The lowest BCUT2D eigenvalue weighted by Gasteiger charge is -2.35. The Morgan fingerprint density at radius 3 is 1.15 bits per heavy atom. The summed E-state index contributed by atoms with van der Waals surface area (Å²) in [6.45, 7) is 0. The summed E-state index contributed by atoms with van der Waals surface area (Å²) in [6.07, 6.45) is 0. The van der Waals surface area contributed by atoms with E-state index in [0.29, 0.717) is 5.82 Å². The maximum atomic E-state index is 5.68. The Labute approximate surface area is 391 Å². The summed E-state index contributed by atoms with van der Waals surface area (Å²) >= 11 is 0. The molecule has 0 saturated heterocycles. The lowest BCUT2D eigenvalue weighted by atomic mass is 9.66. The van der Waals surface area contributed by atoms with Crippen molar-refractivity contribution in [2.24, 2.45) is 0 Å². The van der Waals surface area contributed by atoms with E-state index in [0.717, 1.165) is 61.5 Å². The Kier molecular flexibility index (Phi) is 9.11. The molecule has 11 aromatic rings. The van der Waals surface area contributed by atoms with Crippen LogP contribution in [-0.2, 0) is 5.41 Å². The van der Waals surface area contributed by atoms with Crippen LogP contribution in [0.1, 0.15) is 22.3 Å². The maximum absolute atomic E-state index is 5.68. The maximum Gasteiger partial charge on any atom is 0.160 e. The van der Waals surface area contributed by atoms with Crippen LogP contribution in [0.25, 0.3) is 101 Å². The molecule has 0 unspecified atom stereocenters. The van der Waals surface area contributed by atoms with E-state index in [1.54, 1.807) is 0 Å². The van der Waals surface area contributed by atoms with Crippen LogP contribution in [0.15, 0.2) is 255 Å². The highest BCUT2D eigenvalue weighted by molar-refractivity contribution is 6.01. The molecule has 1 spiro atoms. The first-order valence-corrected chi connectivity index (χ1v) is 23.1. The second-order valence-electron chi connectivity index (χ2n) is 17.6. The molecule has 0 saturated carbocycles. The molecule has 0 radical (unpaired) electrons. The van der Waals surface area contributed by atoms with Crippen LogP contribution in [0.4, 0.5) is 0 Å². The predicted octanol–water partition coefficient (Wildman–Crippen LogP) is 16.5.